The summed E-state index contributed by atoms with van der Waals surface area (Å²) in [6.07, 6.45) is 1.24. The SMILES string of the molecule is CCC(C#N)(CC)NC(=O)c1ccsc1. The summed E-state index contributed by atoms with van der Waals surface area (Å²) in [5, 5.41) is 15.5. The Morgan fingerprint density at radius 3 is 2.67 bits per heavy atom. The standard InChI is InChI=1S/C11H14N2OS/c1-3-11(4-2,8-12)13-10(14)9-5-6-15-7-9/h5-7H,3-4H2,1-2H3,(H,13,14). The van der Waals surface area contributed by atoms with E-state index in [2.05, 4.69) is 11.4 Å². The first kappa shape index (κ1) is 11.7. The zero-order valence-corrected chi connectivity index (χ0v) is 9.73. The van der Waals surface area contributed by atoms with Crippen molar-refractivity contribution in [2.75, 3.05) is 0 Å². The Morgan fingerprint density at radius 2 is 2.27 bits per heavy atom. The highest BCUT2D eigenvalue weighted by molar-refractivity contribution is 7.08. The molecule has 1 N–H and O–H groups in total. The summed E-state index contributed by atoms with van der Waals surface area (Å²) in [5.74, 6) is -0.165. The number of hydrogen-bond donors (Lipinski definition) is 1. The molecule has 1 rings (SSSR count). The minimum atomic E-state index is -0.723. The van der Waals surface area contributed by atoms with E-state index in [0.717, 1.165) is 0 Å². The van der Waals surface area contributed by atoms with Crippen molar-refractivity contribution in [3.05, 3.63) is 22.4 Å². The average molecular weight is 222 g/mol. The van der Waals surface area contributed by atoms with Crippen LogP contribution in [-0.2, 0) is 0 Å². The molecule has 0 bridgehead atoms. The second-order valence-electron chi connectivity index (χ2n) is 3.37. The van der Waals surface area contributed by atoms with E-state index in [9.17, 15) is 4.79 Å². The molecule has 1 amide bonds. The third-order valence-corrected chi connectivity index (χ3v) is 3.24. The number of rotatable bonds is 4. The van der Waals surface area contributed by atoms with E-state index in [1.165, 1.54) is 11.3 Å². The van der Waals surface area contributed by atoms with E-state index < -0.39 is 5.54 Å². The van der Waals surface area contributed by atoms with Gasteiger partial charge in [0.2, 0.25) is 0 Å². The summed E-state index contributed by atoms with van der Waals surface area (Å²) in [6.45, 7) is 3.81. The van der Waals surface area contributed by atoms with Crippen LogP contribution in [0, 0.1) is 11.3 Å². The smallest absolute Gasteiger partial charge is 0.253 e. The van der Waals surface area contributed by atoms with Crippen molar-refractivity contribution in [3.8, 4) is 6.07 Å². The van der Waals surface area contributed by atoms with Crippen molar-refractivity contribution in [1.82, 2.24) is 5.32 Å². The van der Waals surface area contributed by atoms with Crippen molar-refractivity contribution in [1.29, 1.82) is 5.26 Å². The number of nitrogens with zero attached hydrogens (tertiary/aromatic N) is 1. The van der Waals surface area contributed by atoms with Gasteiger partial charge in [0.05, 0.1) is 11.6 Å². The zero-order valence-electron chi connectivity index (χ0n) is 8.91. The highest BCUT2D eigenvalue weighted by Crippen LogP contribution is 2.15. The van der Waals surface area contributed by atoms with Gasteiger partial charge in [-0.2, -0.15) is 16.6 Å². The molecular weight excluding hydrogens is 208 g/mol. The predicted molar refractivity (Wildman–Crippen MR) is 60.7 cm³/mol. The first-order valence-electron chi connectivity index (χ1n) is 4.93. The van der Waals surface area contributed by atoms with E-state index in [-0.39, 0.29) is 5.91 Å². The van der Waals surface area contributed by atoms with Gasteiger partial charge >= 0.3 is 0 Å². The van der Waals surface area contributed by atoms with Gasteiger partial charge in [0.25, 0.3) is 5.91 Å². The lowest BCUT2D eigenvalue weighted by molar-refractivity contribution is 0.0916. The van der Waals surface area contributed by atoms with Crippen molar-refractivity contribution in [2.45, 2.75) is 32.2 Å². The molecule has 1 aromatic heterocycles. The van der Waals surface area contributed by atoms with E-state index in [0.29, 0.717) is 18.4 Å². The Bertz CT molecular complexity index is 360. The molecule has 0 saturated heterocycles. The van der Waals surface area contributed by atoms with Crippen LogP contribution >= 0.6 is 11.3 Å². The number of hydrogen-bond acceptors (Lipinski definition) is 3. The van der Waals surface area contributed by atoms with Crippen LogP contribution < -0.4 is 5.32 Å². The Morgan fingerprint density at radius 1 is 1.60 bits per heavy atom. The van der Waals surface area contributed by atoms with Gasteiger partial charge in [-0.25, -0.2) is 0 Å². The van der Waals surface area contributed by atoms with Crippen LogP contribution in [0.5, 0.6) is 0 Å². The number of carbonyl (C=O) groups excluding carboxylic acids is 1. The Hall–Kier alpha value is -1.34. The number of nitriles is 1. The number of carbonyl (C=O) groups is 1. The second-order valence-corrected chi connectivity index (χ2v) is 4.15. The lowest BCUT2D eigenvalue weighted by Gasteiger charge is -2.24. The summed E-state index contributed by atoms with van der Waals surface area (Å²) in [5.41, 5.74) is -0.0968. The molecule has 0 aromatic carbocycles. The second kappa shape index (κ2) is 4.94. The molecular formula is C11H14N2OS. The van der Waals surface area contributed by atoms with Gasteiger partial charge in [0.1, 0.15) is 5.54 Å². The number of amides is 1. The monoisotopic (exact) mass is 222 g/mol. The predicted octanol–water partition coefficient (Wildman–Crippen LogP) is 2.56. The third kappa shape index (κ3) is 2.57. The fourth-order valence-corrected chi connectivity index (χ4v) is 1.93. The maximum atomic E-state index is 11.7. The lowest BCUT2D eigenvalue weighted by Crippen LogP contribution is -2.46. The Labute approximate surface area is 93.7 Å². The van der Waals surface area contributed by atoms with Gasteiger partial charge in [-0.3, -0.25) is 4.79 Å². The molecule has 0 atom stereocenters. The quantitative estimate of drug-likeness (QED) is 0.851. The minimum absolute atomic E-state index is 0.165. The Kier molecular flexibility index (Phi) is 3.87. The lowest BCUT2D eigenvalue weighted by atomic mass is 9.94. The molecule has 0 aliphatic heterocycles. The van der Waals surface area contributed by atoms with Gasteiger partial charge in [0.15, 0.2) is 0 Å². The van der Waals surface area contributed by atoms with Crippen LogP contribution in [0.25, 0.3) is 0 Å². The summed E-state index contributed by atoms with van der Waals surface area (Å²) in [7, 11) is 0. The van der Waals surface area contributed by atoms with Gasteiger partial charge in [0, 0.05) is 5.38 Å². The molecule has 0 saturated carbocycles. The third-order valence-electron chi connectivity index (χ3n) is 2.56. The van der Waals surface area contributed by atoms with Crippen molar-refractivity contribution < 1.29 is 4.79 Å². The van der Waals surface area contributed by atoms with Gasteiger partial charge in [-0.15, -0.1) is 0 Å². The molecule has 0 unspecified atom stereocenters. The largest absolute Gasteiger partial charge is 0.334 e. The maximum absolute atomic E-state index is 11.7. The summed E-state index contributed by atoms with van der Waals surface area (Å²) in [4.78, 5) is 11.7. The molecule has 3 nitrogen and oxygen atoms in total. The van der Waals surface area contributed by atoms with Crippen molar-refractivity contribution in [3.63, 3.8) is 0 Å². The van der Waals surface area contributed by atoms with Crippen LogP contribution in [-0.4, -0.2) is 11.4 Å². The fraction of sp³-hybridized carbons (Fsp3) is 0.455. The molecule has 80 valence electrons. The molecule has 0 spiro atoms. The number of thiophene rings is 1. The maximum Gasteiger partial charge on any atom is 0.253 e. The minimum Gasteiger partial charge on any atom is -0.334 e. The molecule has 0 aliphatic rings. The Balaban J connectivity index is 2.77. The first-order valence-corrected chi connectivity index (χ1v) is 5.87. The highest BCUT2D eigenvalue weighted by atomic mass is 32.1. The molecule has 1 heterocycles. The molecule has 0 radical (unpaired) electrons. The number of nitrogens with one attached hydrogen (secondary N) is 1. The zero-order chi connectivity index (χ0) is 11.3. The highest BCUT2D eigenvalue weighted by Gasteiger charge is 2.28. The topological polar surface area (TPSA) is 52.9 Å². The van der Waals surface area contributed by atoms with Crippen molar-refractivity contribution >= 4 is 17.2 Å². The first-order chi connectivity index (χ1) is 7.17. The molecule has 0 fully saturated rings. The summed E-state index contributed by atoms with van der Waals surface area (Å²) in [6, 6.07) is 3.94. The van der Waals surface area contributed by atoms with E-state index in [1.807, 2.05) is 19.2 Å². The van der Waals surface area contributed by atoms with Crippen LogP contribution in [0.2, 0.25) is 0 Å². The van der Waals surface area contributed by atoms with Crippen LogP contribution in [0.3, 0.4) is 0 Å². The normalized spacial score (nSPS) is 10.7. The van der Waals surface area contributed by atoms with Gasteiger partial charge < -0.3 is 5.32 Å². The van der Waals surface area contributed by atoms with Crippen LogP contribution in [0.1, 0.15) is 37.0 Å². The molecule has 15 heavy (non-hydrogen) atoms. The van der Waals surface area contributed by atoms with Crippen molar-refractivity contribution in [2.24, 2.45) is 0 Å². The molecule has 4 heteroatoms. The van der Waals surface area contributed by atoms with Crippen LogP contribution in [0.15, 0.2) is 16.8 Å². The average Bonchev–Trinajstić information content (AvgIpc) is 2.79. The molecule has 0 aliphatic carbocycles. The van der Waals surface area contributed by atoms with E-state index in [1.54, 1.807) is 11.4 Å². The van der Waals surface area contributed by atoms with E-state index in [4.69, 9.17) is 5.26 Å². The summed E-state index contributed by atoms with van der Waals surface area (Å²) < 4.78 is 0. The van der Waals surface area contributed by atoms with Gasteiger partial charge in [-0.05, 0) is 24.3 Å². The van der Waals surface area contributed by atoms with Crippen LogP contribution in [0.4, 0.5) is 0 Å². The van der Waals surface area contributed by atoms with Gasteiger partial charge in [-0.1, -0.05) is 13.8 Å². The fourth-order valence-electron chi connectivity index (χ4n) is 1.30. The van der Waals surface area contributed by atoms with E-state index >= 15 is 0 Å². The molecule has 1 aromatic rings. The summed E-state index contributed by atoms with van der Waals surface area (Å²) >= 11 is 1.47.